The molecule has 0 radical (unpaired) electrons. The minimum Gasteiger partial charge on any atom is -0.478 e. The van der Waals surface area contributed by atoms with Gasteiger partial charge in [0.25, 0.3) is 5.91 Å². The first-order chi connectivity index (χ1) is 18.5. The average molecular weight is 538 g/mol. The first-order valence-electron chi connectivity index (χ1n) is 12.8. The number of fused-ring (bicyclic) bond motifs is 1. The summed E-state index contributed by atoms with van der Waals surface area (Å²) in [6, 6.07) is 20.5. The molecule has 0 atom stereocenters. The Morgan fingerprint density at radius 1 is 1.05 bits per heavy atom. The Balaban J connectivity index is 1.52. The van der Waals surface area contributed by atoms with Crippen LogP contribution in [0.15, 0.2) is 82.7 Å². The number of aromatic carboxylic acids is 1. The van der Waals surface area contributed by atoms with Crippen molar-refractivity contribution in [2.45, 2.75) is 39.8 Å². The first-order valence-corrected chi connectivity index (χ1v) is 13.6. The third-order valence-electron chi connectivity index (χ3n) is 7.30. The minimum absolute atomic E-state index is 0.0766. The van der Waals surface area contributed by atoms with E-state index in [0.29, 0.717) is 16.6 Å². The van der Waals surface area contributed by atoms with Crippen LogP contribution in [0, 0.1) is 6.92 Å². The van der Waals surface area contributed by atoms with Crippen molar-refractivity contribution in [3.8, 4) is 0 Å². The highest BCUT2D eigenvalue weighted by Crippen LogP contribution is 2.41. The summed E-state index contributed by atoms with van der Waals surface area (Å²) in [5.74, 6) is -1.11. The topological polar surface area (TPSA) is 73.2 Å². The number of hydrogen-bond acceptors (Lipinski definition) is 5. The van der Waals surface area contributed by atoms with Crippen molar-refractivity contribution in [3.05, 3.63) is 106 Å². The number of amidine groups is 1. The zero-order chi connectivity index (χ0) is 27.9. The van der Waals surface area contributed by atoms with Crippen molar-refractivity contribution in [2.24, 2.45) is 4.99 Å². The molecule has 0 unspecified atom stereocenters. The van der Waals surface area contributed by atoms with Gasteiger partial charge in [0.1, 0.15) is 0 Å². The van der Waals surface area contributed by atoms with Gasteiger partial charge in [-0.25, -0.2) is 9.79 Å². The van der Waals surface area contributed by atoms with Gasteiger partial charge >= 0.3 is 5.97 Å². The number of carboxylic acids is 1. The molecule has 39 heavy (non-hydrogen) atoms. The molecule has 6 nitrogen and oxygen atoms in total. The predicted octanol–water partition coefficient (Wildman–Crippen LogP) is 7.13. The number of carbonyl (C=O) groups is 2. The van der Waals surface area contributed by atoms with Crippen LogP contribution < -0.4 is 4.90 Å². The Hall–Kier alpha value is -4.10. The standard InChI is InChI=1S/C32H31N3O3S/c1-20-15-27-26(21(2)18-32(3,4)34(27)5)16-24(20)17-28-29(36)35(19-22-11-13-23(14-12-22)30(37)38)31(39-28)33-25-9-7-6-8-10-25/h6-18H,19H2,1-5H3,(H,37,38)/b28-17+,33-31?. The Morgan fingerprint density at radius 2 is 1.74 bits per heavy atom. The molecule has 7 heteroatoms. The smallest absolute Gasteiger partial charge is 0.335 e. The van der Waals surface area contributed by atoms with Gasteiger partial charge in [-0.1, -0.05) is 36.4 Å². The lowest BCUT2D eigenvalue weighted by molar-refractivity contribution is -0.122. The van der Waals surface area contributed by atoms with Crippen molar-refractivity contribution < 1.29 is 14.7 Å². The van der Waals surface area contributed by atoms with E-state index in [9.17, 15) is 14.7 Å². The van der Waals surface area contributed by atoms with Gasteiger partial charge in [-0.2, -0.15) is 0 Å². The Morgan fingerprint density at radius 3 is 2.41 bits per heavy atom. The van der Waals surface area contributed by atoms with Crippen molar-refractivity contribution in [3.63, 3.8) is 0 Å². The zero-order valence-electron chi connectivity index (χ0n) is 22.7. The summed E-state index contributed by atoms with van der Waals surface area (Å²) < 4.78 is 0. The van der Waals surface area contributed by atoms with Gasteiger partial charge in [0, 0.05) is 18.3 Å². The van der Waals surface area contributed by atoms with Crippen molar-refractivity contribution in [2.75, 3.05) is 11.9 Å². The predicted molar refractivity (Wildman–Crippen MR) is 160 cm³/mol. The summed E-state index contributed by atoms with van der Waals surface area (Å²) in [7, 11) is 2.11. The van der Waals surface area contributed by atoms with E-state index in [4.69, 9.17) is 4.99 Å². The third-order valence-corrected chi connectivity index (χ3v) is 8.31. The van der Waals surface area contributed by atoms with Gasteiger partial charge in [-0.15, -0.1) is 0 Å². The lowest BCUT2D eigenvalue weighted by Crippen LogP contribution is -2.42. The summed E-state index contributed by atoms with van der Waals surface area (Å²) >= 11 is 1.36. The number of benzene rings is 3. The SMILES string of the molecule is CC1=CC(C)(C)N(C)c2cc(C)c(/C=C3/SC(=Nc4ccccc4)N(Cc4ccc(C(=O)O)cc4)C3=O)cc21. The number of rotatable bonds is 5. The quantitative estimate of drug-likeness (QED) is 0.351. The fraction of sp³-hybridized carbons (Fsp3) is 0.219. The molecule has 1 fully saturated rings. The number of anilines is 1. The fourth-order valence-electron chi connectivity index (χ4n) is 4.89. The summed E-state index contributed by atoms with van der Waals surface area (Å²) in [6.45, 7) is 8.91. The van der Waals surface area contributed by atoms with Crippen LogP contribution in [0.4, 0.5) is 11.4 Å². The number of nitrogens with zero attached hydrogens (tertiary/aromatic N) is 3. The van der Waals surface area contributed by atoms with Gasteiger partial charge in [0.05, 0.1) is 28.2 Å². The molecular formula is C32H31N3O3S. The van der Waals surface area contributed by atoms with Crippen LogP contribution in [0.5, 0.6) is 0 Å². The van der Waals surface area contributed by atoms with Gasteiger partial charge in [0.15, 0.2) is 5.17 Å². The molecule has 0 aromatic heterocycles. The minimum atomic E-state index is -0.980. The van der Waals surface area contributed by atoms with Crippen LogP contribution in [-0.4, -0.2) is 39.6 Å². The number of hydrogen-bond donors (Lipinski definition) is 1. The highest BCUT2D eigenvalue weighted by molar-refractivity contribution is 8.18. The molecule has 2 heterocycles. The summed E-state index contributed by atoms with van der Waals surface area (Å²) in [5, 5.41) is 9.83. The average Bonchev–Trinajstić information content (AvgIpc) is 3.17. The summed E-state index contributed by atoms with van der Waals surface area (Å²) in [6.07, 6.45) is 4.24. The number of thioether (sulfide) groups is 1. The second kappa shape index (κ2) is 10.2. The molecule has 0 saturated carbocycles. The molecule has 1 amide bonds. The number of allylic oxidation sites excluding steroid dienone is 1. The van der Waals surface area contributed by atoms with E-state index < -0.39 is 5.97 Å². The summed E-state index contributed by atoms with van der Waals surface area (Å²) in [5.41, 5.74) is 7.38. The second-order valence-electron chi connectivity index (χ2n) is 10.5. The molecule has 0 aliphatic carbocycles. The first kappa shape index (κ1) is 26.5. The van der Waals surface area contributed by atoms with E-state index in [1.807, 2.05) is 36.4 Å². The van der Waals surface area contributed by atoms with Crippen LogP contribution >= 0.6 is 11.8 Å². The molecule has 0 spiro atoms. The van der Waals surface area contributed by atoms with Crippen molar-refractivity contribution in [1.29, 1.82) is 0 Å². The third kappa shape index (κ3) is 5.27. The molecule has 2 aliphatic rings. The lowest BCUT2D eigenvalue weighted by Gasteiger charge is -2.41. The van der Waals surface area contributed by atoms with E-state index in [1.54, 1.807) is 29.2 Å². The van der Waals surface area contributed by atoms with E-state index in [-0.39, 0.29) is 17.0 Å². The lowest BCUT2D eigenvalue weighted by atomic mass is 9.87. The molecule has 0 bridgehead atoms. The van der Waals surface area contributed by atoms with Crippen LogP contribution in [0.2, 0.25) is 0 Å². The number of para-hydroxylation sites is 1. The molecule has 5 rings (SSSR count). The number of carboxylic acid groups (broad SMARTS) is 1. The van der Waals surface area contributed by atoms with Crippen LogP contribution in [0.1, 0.15) is 53.4 Å². The monoisotopic (exact) mass is 537 g/mol. The number of likely N-dealkylation sites (N-methyl/N-ethyl adjacent to an activating group) is 1. The van der Waals surface area contributed by atoms with Gasteiger partial charge in [-0.05, 0) is 104 Å². The summed E-state index contributed by atoms with van der Waals surface area (Å²) in [4.78, 5) is 34.3. The van der Waals surface area contributed by atoms with Gasteiger partial charge < -0.3 is 10.0 Å². The number of amides is 1. The fourth-order valence-corrected chi connectivity index (χ4v) is 5.88. The zero-order valence-corrected chi connectivity index (χ0v) is 23.5. The number of carbonyl (C=O) groups excluding carboxylic acids is 1. The van der Waals surface area contributed by atoms with Crippen molar-refractivity contribution in [1.82, 2.24) is 4.90 Å². The van der Waals surface area contributed by atoms with Crippen LogP contribution in [-0.2, 0) is 11.3 Å². The van der Waals surface area contributed by atoms with E-state index in [1.165, 1.54) is 28.6 Å². The maximum Gasteiger partial charge on any atom is 0.335 e. The molecule has 3 aromatic carbocycles. The second-order valence-corrected chi connectivity index (χ2v) is 11.5. The normalized spacial score (nSPS) is 18.5. The highest BCUT2D eigenvalue weighted by atomic mass is 32.2. The van der Waals surface area contributed by atoms with Gasteiger partial charge in [-0.3, -0.25) is 9.69 Å². The van der Waals surface area contributed by atoms with E-state index >= 15 is 0 Å². The Bertz CT molecular complexity index is 1550. The van der Waals surface area contributed by atoms with Crippen LogP contribution in [0.3, 0.4) is 0 Å². The largest absolute Gasteiger partial charge is 0.478 e. The molecule has 1 saturated heterocycles. The number of aryl methyl sites for hydroxylation is 1. The molecule has 1 N–H and O–H groups in total. The number of aliphatic imine (C=N–C) groups is 1. The molecule has 3 aromatic rings. The molecular weight excluding hydrogens is 506 g/mol. The van der Waals surface area contributed by atoms with Crippen LogP contribution in [0.25, 0.3) is 11.6 Å². The maximum absolute atomic E-state index is 13.7. The Kier molecular flexibility index (Phi) is 6.95. The van der Waals surface area contributed by atoms with Gasteiger partial charge in [0.2, 0.25) is 0 Å². The van der Waals surface area contributed by atoms with E-state index in [2.05, 4.69) is 57.9 Å². The molecule has 198 valence electrons. The molecule has 2 aliphatic heterocycles. The Labute approximate surface area is 233 Å². The maximum atomic E-state index is 13.7. The van der Waals surface area contributed by atoms with Crippen molar-refractivity contribution >= 4 is 51.8 Å². The highest BCUT2D eigenvalue weighted by Gasteiger charge is 2.34. The van der Waals surface area contributed by atoms with E-state index in [0.717, 1.165) is 22.4 Å².